The Balaban J connectivity index is 1.49. The van der Waals surface area contributed by atoms with Gasteiger partial charge in [0.15, 0.2) is 0 Å². The van der Waals surface area contributed by atoms with Gasteiger partial charge in [-0.3, -0.25) is 9.78 Å². The van der Waals surface area contributed by atoms with Gasteiger partial charge < -0.3 is 9.73 Å². The van der Waals surface area contributed by atoms with Crippen LogP contribution in [-0.4, -0.2) is 10.9 Å². The van der Waals surface area contributed by atoms with Gasteiger partial charge in [-0.1, -0.05) is 6.92 Å². The number of anilines is 1. The highest BCUT2D eigenvalue weighted by atomic mass is 16.3. The molecule has 2 atom stereocenters. The molecule has 4 heteroatoms. The molecule has 1 fully saturated rings. The summed E-state index contributed by atoms with van der Waals surface area (Å²) in [7, 11) is 0. The fraction of sp³-hybridized carbons (Fsp3) is 0.375. The molecule has 4 nitrogen and oxygen atoms in total. The van der Waals surface area contributed by atoms with Crippen LogP contribution in [0, 0.1) is 5.92 Å². The quantitative estimate of drug-likeness (QED) is 0.906. The number of nitrogens with one attached hydrogen (secondary N) is 1. The summed E-state index contributed by atoms with van der Waals surface area (Å²) in [6.07, 6.45) is 5.60. The molecule has 104 valence electrons. The average molecular weight is 270 g/mol. The normalized spacial score (nSPS) is 20.6. The lowest BCUT2D eigenvalue weighted by Gasteiger charge is -2.03. The third-order valence-corrected chi connectivity index (χ3v) is 3.72. The van der Waals surface area contributed by atoms with Crippen molar-refractivity contribution in [2.75, 3.05) is 5.32 Å². The van der Waals surface area contributed by atoms with E-state index in [1.54, 1.807) is 24.5 Å². The van der Waals surface area contributed by atoms with E-state index in [9.17, 15) is 4.79 Å². The molecular formula is C16H18N2O2. The van der Waals surface area contributed by atoms with Gasteiger partial charge in [0, 0.05) is 36.8 Å². The molecule has 1 amide bonds. The van der Waals surface area contributed by atoms with Crippen molar-refractivity contribution in [3.05, 3.63) is 48.2 Å². The average Bonchev–Trinajstić information content (AvgIpc) is 3.01. The molecule has 1 N–H and O–H groups in total. The maximum atomic E-state index is 11.8. The van der Waals surface area contributed by atoms with Crippen molar-refractivity contribution in [3.63, 3.8) is 0 Å². The summed E-state index contributed by atoms with van der Waals surface area (Å²) in [4.78, 5) is 15.7. The van der Waals surface area contributed by atoms with Crippen LogP contribution in [0.5, 0.6) is 0 Å². The summed E-state index contributed by atoms with van der Waals surface area (Å²) in [5, 5.41) is 2.84. The Labute approximate surface area is 118 Å². The smallest absolute Gasteiger partial charge is 0.224 e. The Morgan fingerprint density at radius 1 is 1.35 bits per heavy atom. The molecule has 3 rings (SSSR count). The molecule has 2 heterocycles. The monoisotopic (exact) mass is 270 g/mol. The SMILES string of the molecule is C[C@H]1C[C@H]1c1ccc(CCC(=O)Nc2ccncc2)o1. The zero-order valence-corrected chi connectivity index (χ0v) is 11.5. The van der Waals surface area contributed by atoms with Crippen LogP contribution in [0.3, 0.4) is 0 Å². The highest BCUT2D eigenvalue weighted by Gasteiger charge is 2.36. The van der Waals surface area contributed by atoms with Crippen molar-refractivity contribution in [2.24, 2.45) is 5.92 Å². The standard InChI is InChI=1S/C16H18N2O2/c1-11-10-14(11)15-4-2-13(20-15)3-5-16(19)18-12-6-8-17-9-7-12/h2,4,6-9,11,14H,3,5,10H2,1H3,(H,17,18,19)/t11-,14+/m0/s1. The Hall–Kier alpha value is -2.10. The fourth-order valence-electron chi connectivity index (χ4n) is 2.34. The molecule has 0 aromatic carbocycles. The van der Waals surface area contributed by atoms with E-state index in [-0.39, 0.29) is 5.91 Å². The van der Waals surface area contributed by atoms with Gasteiger partial charge in [-0.15, -0.1) is 0 Å². The highest BCUT2D eigenvalue weighted by Crippen LogP contribution is 2.47. The number of furan rings is 1. The van der Waals surface area contributed by atoms with E-state index in [0.717, 1.165) is 23.1 Å². The number of carbonyl (C=O) groups is 1. The molecule has 2 aromatic rings. The zero-order valence-electron chi connectivity index (χ0n) is 11.5. The zero-order chi connectivity index (χ0) is 13.9. The van der Waals surface area contributed by atoms with Gasteiger partial charge in [0.1, 0.15) is 11.5 Å². The highest BCUT2D eigenvalue weighted by molar-refractivity contribution is 5.90. The van der Waals surface area contributed by atoms with Gasteiger partial charge in [-0.2, -0.15) is 0 Å². The van der Waals surface area contributed by atoms with Crippen molar-refractivity contribution in [3.8, 4) is 0 Å². The van der Waals surface area contributed by atoms with Crippen LogP contribution in [0.1, 0.15) is 37.2 Å². The number of rotatable bonds is 5. The van der Waals surface area contributed by atoms with Gasteiger partial charge in [0.25, 0.3) is 0 Å². The summed E-state index contributed by atoms with van der Waals surface area (Å²) >= 11 is 0. The van der Waals surface area contributed by atoms with Gasteiger partial charge in [-0.25, -0.2) is 0 Å². The molecule has 0 radical (unpaired) electrons. The van der Waals surface area contributed by atoms with Crippen LogP contribution in [0.2, 0.25) is 0 Å². The lowest BCUT2D eigenvalue weighted by atomic mass is 10.2. The molecule has 2 aromatic heterocycles. The maximum absolute atomic E-state index is 11.8. The Morgan fingerprint density at radius 3 is 2.80 bits per heavy atom. The van der Waals surface area contributed by atoms with Crippen molar-refractivity contribution >= 4 is 11.6 Å². The molecule has 0 saturated heterocycles. The first-order valence-corrected chi connectivity index (χ1v) is 7.01. The van der Waals surface area contributed by atoms with E-state index in [2.05, 4.69) is 17.2 Å². The molecular weight excluding hydrogens is 252 g/mol. The first kappa shape index (κ1) is 12.9. The Bertz CT molecular complexity index is 592. The summed E-state index contributed by atoms with van der Waals surface area (Å²) in [6, 6.07) is 7.58. The van der Waals surface area contributed by atoms with E-state index < -0.39 is 0 Å². The van der Waals surface area contributed by atoms with Gasteiger partial charge in [-0.05, 0) is 36.6 Å². The van der Waals surface area contributed by atoms with Gasteiger partial charge in [0.05, 0.1) is 0 Å². The predicted octanol–water partition coefficient (Wildman–Crippen LogP) is 3.37. The summed E-state index contributed by atoms with van der Waals surface area (Å²) in [5.74, 6) is 3.29. The van der Waals surface area contributed by atoms with Crippen molar-refractivity contribution < 1.29 is 9.21 Å². The molecule has 0 aliphatic heterocycles. The van der Waals surface area contributed by atoms with Crippen LogP contribution in [0.25, 0.3) is 0 Å². The third-order valence-electron chi connectivity index (χ3n) is 3.72. The number of hydrogen-bond donors (Lipinski definition) is 1. The minimum atomic E-state index is -0.00561. The summed E-state index contributed by atoms with van der Waals surface area (Å²) in [6.45, 7) is 2.23. The van der Waals surface area contributed by atoms with E-state index in [4.69, 9.17) is 4.42 Å². The molecule has 1 aliphatic carbocycles. The van der Waals surface area contributed by atoms with E-state index in [1.807, 2.05) is 12.1 Å². The van der Waals surface area contributed by atoms with E-state index in [1.165, 1.54) is 6.42 Å². The number of amides is 1. The van der Waals surface area contributed by atoms with Crippen molar-refractivity contribution in [2.45, 2.75) is 32.1 Å². The van der Waals surface area contributed by atoms with Gasteiger partial charge >= 0.3 is 0 Å². The van der Waals surface area contributed by atoms with E-state index >= 15 is 0 Å². The Kier molecular flexibility index (Phi) is 3.54. The van der Waals surface area contributed by atoms with Crippen LogP contribution in [0.4, 0.5) is 5.69 Å². The third kappa shape index (κ3) is 3.07. The number of aryl methyl sites for hydroxylation is 1. The second-order valence-corrected chi connectivity index (χ2v) is 5.41. The predicted molar refractivity (Wildman–Crippen MR) is 76.4 cm³/mol. The number of aromatic nitrogens is 1. The largest absolute Gasteiger partial charge is 0.466 e. The van der Waals surface area contributed by atoms with Crippen molar-refractivity contribution in [1.29, 1.82) is 0 Å². The first-order valence-electron chi connectivity index (χ1n) is 7.01. The second-order valence-electron chi connectivity index (χ2n) is 5.41. The molecule has 0 bridgehead atoms. The topological polar surface area (TPSA) is 55.1 Å². The lowest BCUT2D eigenvalue weighted by molar-refractivity contribution is -0.116. The first-order chi connectivity index (χ1) is 9.72. The molecule has 0 unspecified atom stereocenters. The van der Waals surface area contributed by atoms with E-state index in [0.29, 0.717) is 18.8 Å². The van der Waals surface area contributed by atoms with Crippen LogP contribution in [-0.2, 0) is 11.2 Å². The molecule has 1 aliphatic rings. The summed E-state index contributed by atoms with van der Waals surface area (Å²) in [5.41, 5.74) is 0.775. The fourth-order valence-corrected chi connectivity index (χ4v) is 2.34. The van der Waals surface area contributed by atoms with Crippen LogP contribution >= 0.6 is 0 Å². The van der Waals surface area contributed by atoms with Crippen LogP contribution in [0.15, 0.2) is 41.1 Å². The number of hydrogen-bond acceptors (Lipinski definition) is 3. The number of nitrogens with zero attached hydrogens (tertiary/aromatic N) is 1. The second kappa shape index (κ2) is 5.49. The molecule has 0 spiro atoms. The maximum Gasteiger partial charge on any atom is 0.224 e. The minimum absolute atomic E-state index is 0.00561. The molecule has 1 saturated carbocycles. The van der Waals surface area contributed by atoms with Crippen LogP contribution < -0.4 is 5.32 Å². The number of carbonyl (C=O) groups excluding carboxylic acids is 1. The molecule has 20 heavy (non-hydrogen) atoms. The Morgan fingerprint density at radius 2 is 2.10 bits per heavy atom. The van der Waals surface area contributed by atoms with Crippen molar-refractivity contribution in [1.82, 2.24) is 4.98 Å². The lowest BCUT2D eigenvalue weighted by Crippen LogP contribution is -2.12. The minimum Gasteiger partial charge on any atom is -0.466 e. The summed E-state index contributed by atoms with van der Waals surface area (Å²) < 4.78 is 5.79. The number of pyridine rings is 1. The van der Waals surface area contributed by atoms with Gasteiger partial charge in [0.2, 0.25) is 5.91 Å².